The number of hydrogen-bond acceptors (Lipinski definition) is 4. The molecule has 1 aliphatic heterocycles. The molecule has 0 aromatic heterocycles. The number of carbonyl (C=O) groups excluding carboxylic acids is 1. The predicted octanol–water partition coefficient (Wildman–Crippen LogP) is 1.49. The van der Waals surface area contributed by atoms with E-state index in [0.29, 0.717) is 12.1 Å². The van der Waals surface area contributed by atoms with E-state index >= 15 is 0 Å². The van der Waals surface area contributed by atoms with Gasteiger partial charge in [-0.15, -0.1) is 0 Å². The van der Waals surface area contributed by atoms with Crippen LogP contribution in [0, 0.1) is 0 Å². The van der Waals surface area contributed by atoms with Crippen LogP contribution in [0.2, 0.25) is 0 Å². The number of carbonyl (C=O) groups is 2. The number of piperazine rings is 1. The maximum absolute atomic E-state index is 11.5. The highest BCUT2D eigenvalue weighted by molar-refractivity contribution is 6.01. The number of hydrogen-bond donors (Lipinski definition) is 2. The Morgan fingerprint density at radius 1 is 1.24 bits per heavy atom. The summed E-state index contributed by atoms with van der Waals surface area (Å²) in [5.74, 6) is -1.22. The first-order valence-corrected chi connectivity index (χ1v) is 7.12. The minimum atomic E-state index is -1.03. The van der Waals surface area contributed by atoms with Crippen LogP contribution >= 0.6 is 0 Å². The molecule has 0 saturated carbocycles. The average Bonchev–Trinajstić information content (AvgIpc) is 2.48. The quantitative estimate of drug-likeness (QED) is 0.879. The van der Waals surface area contributed by atoms with Crippen LogP contribution in [0.15, 0.2) is 18.2 Å². The van der Waals surface area contributed by atoms with Crippen LogP contribution in [0.25, 0.3) is 0 Å². The van der Waals surface area contributed by atoms with Crippen LogP contribution in [0.1, 0.15) is 23.7 Å². The van der Waals surface area contributed by atoms with Crippen molar-refractivity contribution >= 4 is 23.3 Å². The van der Waals surface area contributed by atoms with E-state index < -0.39 is 5.97 Å². The molecule has 1 amide bonds. The van der Waals surface area contributed by atoms with Crippen molar-refractivity contribution in [3.05, 3.63) is 23.8 Å². The summed E-state index contributed by atoms with van der Waals surface area (Å²) in [5, 5.41) is 12.0. The summed E-state index contributed by atoms with van der Waals surface area (Å²) >= 11 is 0. The third-order valence-electron chi connectivity index (χ3n) is 3.70. The highest BCUT2D eigenvalue weighted by atomic mass is 16.4. The number of amides is 1. The van der Waals surface area contributed by atoms with Crippen molar-refractivity contribution in [3.8, 4) is 0 Å². The van der Waals surface area contributed by atoms with Crippen molar-refractivity contribution in [2.75, 3.05) is 43.4 Å². The van der Waals surface area contributed by atoms with Gasteiger partial charge in [0.15, 0.2) is 0 Å². The zero-order chi connectivity index (χ0) is 15.4. The van der Waals surface area contributed by atoms with Crippen molar-refractivity contribution in [1.29, 1.82) is 0 Å². The topological polar surface area (TPSA) is 72.9 Å². The Balaban J connectivity index is 2.23. The number of carboxylic acid groups (broad SMARTS) is 1. The smallest absolute Gasteiger partial charge is 0.337 e. The molecule has 0 radical (unpaired) electrons. The van der Waals surface area contributed by atoms with Crippen LogP contribution in [0.5, 0.6) is 0 Å². The van der Waals surface area contributed by atoms with Crippen molar-refractivity contribution < 1.29 is 14.7 Å². The molecule has 2 N–H and O–H groups in total. The third kappa shape index (κ3) is 3.72. The number of carboxylic acids is 1. The van der Waals surface area contributed by atoms with Gasteiger partial charge in [0.05, 0.1) is 11.3 Å². The number of anilines is 2. The lowest BCUT2D eigenvalue weighted by atomic mass is 10.1. The first-order chi connectivity index (χ1) is 10.0. The summed E-state index contributed by atoms with van der Waals surface area (Å²) in [5.41, 5.74) is 1.37. The highest BCUT2D eigenvalue weighted by Gasteiger charge is 2.18. The molecule has 6 nitrogen and oxygen atoms in total. The predicted molar refractivity (Wildman–Crippen MR) is 82.0 cm³/mol. The Kier molecular flexibility index (Phi) is 4.80. The molecule has 114 valence electrons. The van der Waals surface area contributed by atoms with Crippen molar-refractivity contribution in [2.45, 2.75) is 13.3 Å². The molecule has 21 heavy (non-hydrogen) atoms. The van der Waals surface area contributed by atoms with E-state index in [1.807, 2.05) is 6.07 Å². The zero-order valence-electron chi connectivity index (χ0n) is 12.4. The van der Waals surface area contributed by atoms with Crippen molar-refractivity contribution in [3.63, 3.8) is 0 Å². The van der Waals surface area contributed by atoms with E-state index in [1.165, 1.54) is 0 Å². The first kappa shape index (κ1) is 15.3. The molecular formula is C15H21N3O3. The lowest BCUT2D eigenvalue weighted by molar-refractivity contribution is -0.115. The second kappa shape index (κ2) is 6.58. The van der Waals surface area contributed by atoms with Gasteiger partial charge in [-0.2, -0.15) is 0 Å². The van der Waals surface area contributed by atoms with Crippen molar-refractivity contribution in [1.82, 2.24) is 4.90 Å². The molecule has 1 saturated heterocycles. The number of rotatable bonds is 4. The SMILES string of the molecule is CCC(=O)Nc1ccc(N2CCN(C)CC2)cc1C(=O)O. The van der Waals surface area contributed by atoms with E-state index in [2.05, 4.69) is 22.2 Å². The standard InChI is InChI=1S/C15H21N3O3/c1-3-14(19)16-13-5-4-11(10-12(13)15(20)21)18-8-6-17(2)7-9-18/h4-5,10H,3,6-9H2,1-2H3,(H,16,19)(H,20,21). The van der Waals surface area contributed by atoms with Gasteiger partial charge in [0.25, 0.3) is 0 Å². The van der Waals surface area contributed by atoms with Crippen LogP contribution in [0.3, 0.4) is 0 Å². The number of nitrogens with one attached hydrogen (secondary N) is 1. The minimum absolute atomic E-state index is 0.133. The molecule has 0 spiro atoms. The van der Waals surface area contributed by atoms with Gasteiger partial charge >= 0.3 is 5.97 Å². The fraction of sp³-hybridized carbons (Fsp3) is 0.467. The van der Waals surface area contributed by atoms with Crippen LogP contribution in [0.4, 0.5) is 11.4 Å². The fourth-order valence-electron chi connectivity index (χ4n) is 2.32. The molecule has 6 heteroatoms. The Bertz CT molecular complexity index is 537. The van der Waals surface area contributed by atoms with Gasteiger partial charge in [-0.1, -0.05) is 6.92 Å². The van der Waals surface area contributed by atoms with E-state index in [0.717, 1.165) is 31.9 Å². The molecule has 0 unspecified atom stereocenters. The lowest BCUT2D eigenvalue weighted by Gasteiger charge is -2.34. The molecular weight excluding hydrogens is 270 g/mol. The molecule has 1 aromatic rings. The van der Waals surface area contributed by atoms with E-state index in [1.54, 1.807) is 19.1 Å². The van der Waals surface area contributed by atoms with Gasteiger partial charge < -0.3 is 20.2 Å². The number of aromatic carboxylic acids is 1. The second-order valence-electron chi connectivity index (χ2n) is 5.23. The Hall–Kier alpha value is -2.08. The zero-order valence-corrected chi connectivity index (χ0v) is 12.4. The van der Waals surface area contributed by atoms with Crippen LogP contribution in [-0.4, -0.2) is 55.1 Å². The van der Waals surface area contributed by atoms with Gasteiger partial charge in [-0.25, -0.2) is 4.79 Å². The number of likely N-dealkylation sites (N-methyl/N-ethyl adjacent to an activating group) is 1. The molecule has 1 aromatic carbocycles. The average molecular weight is 291 g/mol. The first-order valence-electron chi connectivity index (χ1n) is 7.12. The molecule has 1 heterocycles. The summed E-state index contributed by atoms with van der Waals surface area (Å²) in [6, 6.07) is 5.17. The molecule has 0 atom stereocenters. The van der Waals surface area contributed by atoms with Gasteiger partial charge in [-0.3, -0.25) is 4.79 Å². The molecule has 0 bridgehead atoms. The van der Waals surface area contributed by atoms with Gasteiger partial charge in [0.2, 0.25) is 5.91 Å². The van der Waals surface area contributed by atoms with Crippen LogP contribution in [-0.2, 0) is 4.79 Å². The maximum Gasteiger partial charge on any atom is 0.337 e. The Labute approximate surface area is 124 Å². The maximum atomic E-state index is 11.5. The molecule has 1 fully saturated rings. The van der Waals surface area contributed by atoms with Gasteiger partial charge in [0.1, 0.15) is 0 Å². The summed E-state index contributed by atoms with van der Waals surface area (Å²) in [4.78, 5) is 27.3. The Morgan fingerprint density at radius 3 is 2.48 bits per heavy atom. The summed E-state index contributed by atoms with van der Waals surface area (Å²) in [6.07, 6.45) is 0.319. The van der Waals surface area contributed by atoms with Gasteiger partial charge in [-0.05, 0) is 25.2 Å². The van der Waals surface area contributed by atoms with E-state index in [9.17, 15) is 14.7 Å². The van der Waals surface area contributed by atoms with Crippen molar-refractivity contribution in [2.24, 2.45) is 0 Å². The molecule has 0 aliphatic carbocycles. The van der Waals surface area contributed by atoms with E-state index in [4.69, 9.17) is 0 Å². The Morgan fingerprint density at radius 2 is 1.90 bits per heavy atom. The highest BCUT2D eigenvalue weighted by Crippen LogP contribution is 2.24. The summed E-state index contributed by atoms with van der Waals surface area (Å²) < 4.78 is 0. The molecule has 1 aliphatic rings. The third-order valence-corrected chi connectivity index (χ3v) is 3.70. The van der Waals surface area contributed by atoms with E-state index in [-0.39, 0.29) is 11.5 Å². The monoisotopic (exact) mass is 291 g/mol. The second-order valence-corrected chi connectivity index (χ2v) is 5.23. The fourth-order valence-corrected chi connectivity index (χ4v) is 2.32. The number of nitrogens with zero attached hydrogens (tertiary/aromatic N) is 2. The minimum Gasteiger partial charge on any atom is -0.478 e. The van der Waals surface area contributed by atoms with Crippen LogP contribution < -0.4 is 10.2 Å². The normalized spacial score (nSPS) is 15.8. The number of benzene rings is 1. The lowest BCUT2D eigenvalue weighted by Crippen LogP contribution is -2.44. The summed E-state index contributed by atoms with van der Waals surface area (Å²) in [7, 11) is 2.07. The molecule has 2 rings (SSSR count). The summed E-state index contributed by atoms with van der Waals surface area (Å²) in [6.45, 7) is 5.38. The largest absolute Gasteiger partial charge is 0.478 e. The van der Waals surface area contributed by atoms with Gasteiger partial charge in [0, 0.05) is 38.3 Å².